The number of anilines is 1. The minimum Gasteiger partial charge on any atom is -0.463 e. The fraction of sp³-hybridized carbons (Fsp3) is 0.250. The second-order valence-electron chi connectivity index (χ2n) is 8.65. The normalized spacial score (nSPS) is 14.1. The molecule has 0 aliphatic carbocycles. The second kappa shape index (κ2) is 11.5. The molecule has 3 aromatic rings. The monoisotopic (exact) mass is 488 g/mol. The Kier molecular flexibility index (Phi) is 7.97. The number of rotatable bonds is 5. The lowest BCUT2D eigenvalue weighted by molar-refractivity contribution is -0.172. The Labute approximate surface area is 209 Å². The third kappa shape index (κ3) is 6.09. The quantitative estimate of drug-likeness (QED) is 0.313. The van der Waals surface area contributed by atoms with Crippen molar-refractivity contribution in [2.45, 2.75) is 32.4 Å². The van der Waals surface area contributed by atoms with E-state index in [1.54, 1.807) is 30.3 Å². The van der Waals surface area contributed by atoms with Crippen LogP contribution in [0.4, 0.5) is 10.5 Å². The molecule has 0 saturated carbocycles. The molecule has 0 atom stereocenters. The number of aryl methyl sites for hydroxylation is 1. The maximum Gasteiger partial charge on any atom is 0.445 e. The molecule has 36 heavy (non-hydrogen) atoms. The largest absolute Gasteiger partial charge is 0.463 e. The highest BCUT2D eigenvalue weighted by molar-refractivity contribution is 6.30. The maximum absolute atomic E-state index is 12.5. The van der Waals surface area contributed by atoms with Crippen LogP contribution in [-0.4, -0.2) is 47.2 Å². The van der Waals surface area contributed by atoms with Gasteiger partial charge in [-0.25, -0.2) is 14.4 Å². The highest BCUT2D eigenvalue weighted by Crippen LogP contribution is 2.31. The van der Waals surface area contributed by atoms with Gasteiger partial charge in [-0.3, -0.25) is 4.90 Å². The van der Waals surface area contributed by atoms with E-state index in [1.165, 1.54) is 17.2 Å². The van der Waals surface area contributed by atoms with Crippen LogP contribution in [0.5, 0.6) is 0 Å². The Hall–Kier alpha value is -4.17. The van der Waals surface area contributed by atoms with Gasteiger partial charge in [-0.1, -0.05) is 72.8 Å². The number of benzene rings is 3. The Bertz CT molecular complexity index is 1220. The van der Waals surface area contributed by atoms with Gasteiger partial charge < -0.3 is 14.7 Å². The zero-order valence-electron chi connectivity index (χ0n) is 20.0. The number of likely N-dealkylation sites (tertiary alicyclic amines) is 1. The van der Waals surface area contributed by atoms with Crippen molar-refractivity contribution < 1.29 is 29.1 Å². The lowest BCUT2D eigenvalue weighted by Gasteiger charge is -2.31. The number of carbonyl (C=O) groups excluding carboxylic acids is 2. The van der Waals surface area contributed by atoms with E-state index < -0.39 is 24.1 Å². The maximum atomic E-state index is 12.5. The van der Waals surface area contributed by atoms with Crippen molar-refractivity contribution in [3.05, 3.63) is 90.0 Å². The Morgan fingerprint density at radius 3 is 2.22 bits per heavy atom. The predicted octanol–water partition coefficient (Wildman–Crippen LogP) is 4.81. The molecule has 0 radical (unpaired) electrons. The van der Waals surface area contributed by atoms with Crippen LogP contribution in [0.2, 0.25) is 0 Å². The smallest absolute Gasteiger partial charge is 0.445 e. The van der Waals surface area contributed by atoms with Gasteiger partial charge in [0.2, 0.25) is 0 Å². The van der Waals surface area contributed by atoms with E-state index in [1.807, 2.05) is 30.3 Å². The number of ether oxygens (including phenoxy) is 1. The summed E-state index contributed by atoms with van der Waals surface area (Å²) >= 11 is 0. The minimum atomic E-state index is -1.54. The molecular weight excluding hydrogens is 460 g/mol. The number of hydroxylamine groups is 1. The number of nitrogens with zero attached hydrogens (tertiary/aromatic N) is 2. The van der Waals surface area contributed by atoms with Crippen LogP contribution in [0.25, 0.3) is 11.1 Å². The zero-order valence-corrected chi connectivity index (χ0v) is 20.0. The van der Waals surface area contributed by atoms with Crippen LogP contribution in [0.1, 0.15) is 24.0 Å². The van der Waals surface area contributed by atoms with Crippen molar-refractivity contribution >= 4 is 23.7 Å². The molecule has 1 N–H and O–H groups in total. The molecule has 0 bridgehead atoms. The van der Waals surface area contributed by atoms with Gasteiger partial charge in [0, 0.05) is 25.2 Å². The van der Waals surface area contributed by atoms with E-state index in [2.05, 4.69) is 24.0 Å². The van der Waals surface area contributed by atoms with Gasteiger partial charge in [-0.15, -0.1) is 5.06 Å². The summed E-state index contributed by atoms with van der Waals surface area (Å²) in [7, 11) is 0. The summed E-state index contributed by atoms with van der Waals surface area (Å²) in [4.78, 5) is 44.1. The summed E-state index contributed by atoms with van der Waals surface area (Å²) in [6.07, 6.45) is -0.827. The predicted molar refractivity (Wildman–Crippen MR) is 134 cm³/mol. The van der Waals surface area contributed by atoms with Gasteiger partial charge >= 0.3 is 18.0 Å². The lowest BCUT2D eigenvalue weighted by Crippen LogP contribution is -2.40. The number of hydrogen-bond donors (Lipinski definition) is 1. The molecular formula is C28H28N2O6. The van der Waals surface area contributed by atoms with Crippen molar-refractivity contribution in [3.63, 3.8) is 0 Å². The van der Waals surface area contributed by atoms with Crippen LogP contribution in [0.3, 0.4) is 0 Å². The van der Waals surface area contributed by atoms with Crippen LogP contribution in [0.15, 0.2) is 78.9 Å². The van der Waals surface area contributed by atoms with Gasteiger partial charge in [0.1, 0.15) is 6.10 Å². The average Bonchev–Trinajstić information content (AvgIpc) is 2.90. The van der Waals surface area contributed by atoms with E-state index in [9.17, 15) is 19.5 Å². The van der Waals surface area contributed by atoms with Crippen molar-refractivity contribution in [1.82, 2.24) is 4.90 Å². The first-order valence-corrected chi connectivity index (χ1v) is 11.8. The molecule has 0 aromatic heterocycles. The minimum absolute atomic E-state index is 0.113. The topological polar surface area (TPSA) is 96.4 Å². The standard InChI is InChI=1S/C28H28N2O6/c1-20-9-5-6-12-22(20)19-29-17-15-23(16-18-29)35-26(31)27(32)36-30(28(33)34)25-14-8-7-13-24(25)21-10-3-2-4-11-21/h2-14,23H,15-19H2,1H3,(H,33,34). The molecule has 0 spiro atoms. The summed E-state index contributed by atoms with van der Waals surface area (Å²) in [6, 6.07) is 23.8. The molecule has 1 amide bonds. The van der Waals surface area contributed by atoms with Gasteiger partial charge in [-0.2, -0.15) is 0 Å². The molecule has 8 nitrogen and oxygen atoms in total. The van der Waals surface area contributed by atoms with E-state index >= 15 is 0 Å². The fourth-order valence-corrected chi connectivity index (χ4v) is 4.24. The molecule has 8 heteroatoms. The molecule has 0 unspecified atom stereocenters. The first-order chi connectivity index (χ1) is 17.4. The number of carboxylic acid groups (broad SMARTS) is 1. The van der Waals surface area contributed by atoms with E-state index in [0.29, 0.717) is 36.6 Å². The first-order valence-electron chi connectivity index (χ1n) is 11.8. The van der Waals surface area contributed by atoms with Crippen LogP contribution in [0, 0.1) is 6.92 Å². The summed E-state index contributed by atoms with van der Waals surface area (Å²) < 4.78 is 5.35. The van der Waals surface area contributed by atoms with E-state index in [0.717, 1.165) is 12.1 Å². The Balaban J connectivity index is 1.35. The first kappa shape index (κ1) is 24.9. The summed E-state index contributed by atoms with van der Waals surface area (Å²) in [5.41, 5.74) is 3.85. The SMILES string of the molecule is Cc1ccccc1CN1CCC(OC(=O)C(=O)ON(C(=O)O)c2ccccc2-c2ccccc2)CC1. The van der Waals surface area contributed by atoms with Gasteiger partial charge in [0.25, 0.3) is 0 Å². The van der Waals surface area contributed by atoms with Crippen LogP contribution >= 0.6 is 0 Å². The fourth-order valence-electron chi connectivity index (χ4n) is 4.24. The number of para-hydroxylation sites is 1. The van der Waals surface area contributed by atoms with Crippen molar-refractivity contribution in [1.29, 1.82) is 0 Å². The molecule has 4 rings (SSSR count). The molecule has 1 aliphatic heterocycles. The average molecular weight is 489 g/mol. The third-order valence-electron chi connectivity index (χ3n) is 6.19. The number of esters is 1. The summed E-state index contributed by atoms with van der Waals surface area (Å²) in [5, 5.41) is 10.1. The zero-order chi connectivity index (χ0) is 25.5. The Morgan fingerprint density at radius 2 is 1.53 bits per heavy atom. The number of hydrogen-bond acceptors (Lipinski definition) is 6. The highest BCUT2D eigenvalue weighted by Gasteiger charge is 2.31. The molecule has 1 fully saturated rings. The van der Waals surface area contributed by atoms with E-state index in [-0.39, 0.29) is 5.69 Å². The van der Waals surface area contributed by atoms with Gasteiger partial charge in [0.15, 0.2) is 0 Å². The number of carbonyl (C=O) groups is 3. The molecule has 186 valence electrons. The van der Waals surface area contributed by atoms with Gasteiger partial charge in [0.05, 0.1) is 5.69 Å². The lowest BCUT2D eigenvalue weighted by atomic mass is 10.0. The van der Waals surface area contributed by atoms with Crippen molar-refractivity contribution in [3.8, 4) is 11.1 Å². The molecule has 1 saturated heterocycles. The Morgan fingerprint density at radius 1 is 0.889 bits per heavy atom. The van der Waals surface area contributed by atoms with Crippen LogP contribution < -0.4 is 5.06 Å². The number of piperidine rings is 1. The van der Waals surface area contributed by atoms with Gasteiger partial charge in [-0.05, 0) is 42.5 Å². The molecule has 1 heterocycles. The number of amides is 1. The molecule has 3 aromatic carbocycles. The van der Waals surface area contributed by atoms with Crippen molar-refractivity contribution in [2.75, 3.05) is 18.2 Å². The summed E-state index contributed by atoms with van der Waals surface area (Å²) in [5.74, 6) is -2.60. The third-order valence-corrected chi connectivity index (χ3v) is 6.19. The highest BCUT2D eigenvalue weighted by atomic mass is 16.7. The van der Waals surface area contributed by atoms with Crippen LogP contribution in [-0.2, 0) is 25.7 Å². The molecule has 1 aliphatic rings. The summed E-state index contributed by atoms with van der Waals surface area (Å²) in [6.45, 7) is 4.32. The second-order valence-corrected chi connectivity index (χ2v) is 8.65. The van der Waals surface area contributed by atoms with Crippen molar-refractivity contribution in [2.24, 2.45) is 0 Å². The van der Waals surface area contributed by atoms with E-state index in [4.69, 9.17) is 9.57 Å².